The maximum absolute atomic E-state index is 11.5. The Morgan fingerprint density at radius 2 is 1.62 bits per heavy atom. The molecule has 16 heavy (non-hydrogen) atoms. The minimum atomic E-state index is -0.765. The van der Waals surface area contributed by atoms with Crippen LogP contribution in [0.15, 0.2) is 0 Å². The lowest BCUT2D eigenvalue weighted by molar-refractivity contribution is -0.137. The quantitative estimate of drug-likeness (QED) is 0.647. The minimum absolute atomic E-state index is 0.190. The molecule has 3 nitrogen and oxygen atoms in total. The zero-order valence-corrected chi connectivity index (χ0v) is 9.91. The molecule has 1 aliphatic carbocycles. The highest BCUT2D eigenvalue weighted by Crippen LogP contribution is 2.28. The summed E-state index contributed by atoms with van der Waals surface area (Å²) in [4.78, 5) is 21.8. The highest BCUT2D eigenvalue weighted by Gasteiger charge is 2.15. The van der Waals surface area contributed by atoms with E-state index in [-0.39, 0.29) is 6.42 Å². The second kappa shape index (κ2) is 7.42. The first-order chi connectivity index (χ1) is 7.68. The average Bonchev–Trinajstić information content (AvgIpc) is 2.74. The predicted octanol–water partition coefficient (Wildman–Crippen LogP) is 3.17. The number of carbonyl (C=O) groups excluding carboxylic acids is 1. The van der Waals surface area contributed by atoms with Gasteiger partial charge in [0.05, 0.1) is 0 Å². The Morgan fingerprint density at radius 3 is 2.25 bits per heavy atom. The van der Waals surface area contributed by atoms with Crippen molar-refractivity contribution in [3.05, 3.63) is 0 Å². The fraction of sp³-hybridized carbons (Fsp3) is 0.846. The predicted molar refractivity (Wildman–Crippen MR) is 62.3 cm³/mol. The number of hydrogen-bond acceptors (Lipinski definition) is 2. The molecule has 0 amide bonds. The molecule has 1 saturated carbocycles. The van der Waals surface area contributed by atoms with Crippen LogP contribution in [-0.4, -0.2) is 16.9 Å². The van der Waals surface area contributed by atoms with Gasteiger partial charge in [-0.05, 0) is 25.2 Å². The molecule has 0 unspecified atom stereocenters. The van der Waals surface area contributed by atoms with E-state index < -0.39 is 5.97 Å². The van der Waals surface area contributed by atoms with E-state index in [1.807, 2.05) is 0 Å². The van der Waals surface area contributed by atoms with Crippen LogP contribution in [-0.2, 0) is 9.59 Å². The Labute approximate surface area is 97.2 Å². The van der Waals surface area contributed by atoms with E-state index in [2.05, 4.69) is 0 Å². The second-order valence-electron chi connectivity index (χ2n) is 4.83. The van der Waals surface area contributed by atoms with Gasteiger partial charge >= 0.3 is 5.97 Å². The lowest BCUT2D eigenvalue weighted by Gasteiger charge is -2.07. The fourth-order valence-corrected chi connectivity index (χ4v) is 2.39. The van der Waals surface area contributed by atoms with Gasteiger partial charge in [-0.2, -0.15) is 0 Å². The Morgan fingerprint density at radius 1 is 1.00 bits per heavy atom. The van der Waals surface area contributed by atoms with Crippen molar-refractivity contribution in [2.24, 2.45) is 5.92 Å². The van der Waals surface area contributed by atoms with Crippen LogP contribution < -0.4 is 0 Å². The molecule has 1 fully saturated rings. The van der Waals surface area contributed by atoms with Gasteiger partial charge < -0.3 is 5.11 Å². The monoisotopic (exact) mass is 226 g/mol. The van der Waals surface area contributed by atoms with Crippen LogP contribution in [0, 0.1) is 5.92 Å². The molecule has 0 heterocycles. The fourth-order valence-electron chi connectivity index (χ4n) is 2.39. The third kappa shape index (κ3) is 5.89. The summed E-state index contributed by atoms with van der Waals surface area (Å²) in [5, 5.41) is 8.44. The topological polar surface area (TPSA) is 54.4 Å². The standard InChI is InChI=1S/C13H22O3/c14-12(7-3-4-8-13(15)16)10-9-11-5-1-2-6-11/h11H,1-10H2,(H,15,16). The molecule has 0 spiro atoms. The molecule has 0 atom stereocenters. The molecule has 0 aromatic rings. The number of rotatable bonds is 8. The Bertz CT molecular complexity index is 229. The number of carboxylic acids is 1. The first kappa shape index (κ1) is 13.2. The zero-order chi connectivity index (χ0) is 11.8. The van der Waals surface area contributed by atoms with Gasteiger partial charge in [0.1, 0.15) is 5.78 Å². The lowest BCUT2D eigenvalue weighted by atomic mass is 9.98. The van der Waals surface area contributed by atoms with E-state index in [1.54, 1.807) is 0 Å². The molecule has 92 valence electrons. The molecule has 1 aliphatic rings. The Balaban J connectivity index is 1.95. The van der Waals surface area contributed by atoms with Gasteiger partial charge in [-0.1, -0.05) is 25.7 Å². The van der Waals surface area contributed by atoms with Crippen LogP contribution >= 0.6 is 0 Å². The van der Waals surface area contributed by atoms with Crippen molar-refractivity contribution >= 4 is 11.8 Å². The molecular formula is C13H22O3. The summed E-state index contributed by atoms with van der Waals surface area (Å²) < 4.78 is 0. The maximum Gasteiger partial charge on any atom is 0.303 e. The zero-order valence-electron chi connectivity index (χ0n) is 9.91. The average molecular weight is 226 g/mol. The third-order valence-electron chi connectivity index (χ3n) is 3.40. The summed E-state index contributed by atoms with van der Waals surface area (Å²) >= 11 is 0. The van der Waals surface area contributed by atoms with Crippen molar-refractivity contribution in [2.75, 3.05) is 0 Å². The van der Waals surface area contributed by atoms with E-state index in [9.17, 15) is 9.59 Å². The maximum atomic E-state index is 11.5. The van der Waals surface area contributed by atoms with Gasteiger partial charge in [0.2, 0.25) is 0 Å². The van der Waals surface area contributed by atoms with Gasteiger partial charge in [-0.3, -0.25) is 9.59 Å². The molecule has 0 radical (unpaired) electrons. The highest BCUT2D eigenvalue weighted by molar-refractivity contribution is 5.78. The first-order valence-electron chi connectivity index (χ1n) is 6.42. The molecule has 3 heteroatoms. The summed E-state index contributed by atoms with van der Waals surface area (Å²) in [5.74, 6) is 0.332. The van der Waals surface area contributed by atoms with Crippen LogP contribution in [0.2, 0.25) is 0 Å². The largest absolute Gasteiger partial charge is 0.481 e. The number of Topliss-reactive ketones (excluding diaryl/α,β-unsaturated/α-hetero) is 1. The normalized spacial score (nSPS) is 16.5. The van der Waals surface area contributed by atoms with E-state index in [0.29, 0.717) is 25.0 Å². The van der Waals surface area contributed by atoms with Crippen molar-refractivity contribution < 1.29 is 14.7 Å². The van der Waals surface area contributed by atoms with Crippen LogP contribution in [0.25, 0.3) is 0 Å². The molecule has 1 N–H and O–H groups in total. The van der Waals surface area contributed by atoms with Gasteiger partial charge in [0, 0.05) is 19.3 Å². The summed E-state index contributed by atoms with van der Waals surface area (Å²) in [7, 11) is 0. The van der Waals surface area contributed by atoms with E-state index in [4.69, 9.17) is 5.11 Å². The smallest absolute Gasteiger partial charge is 0.303 e. The lowest BCUT2D eigenvalue weighted by Crippen LogP contribution is -2.03. The number of unbranched alkanes of at least 4 members (excludes halogenated alkanes) is 1. The van der Waals surface area contributed by atoms with E-state index in [0.717, 1.165) is 18.8 Å². The Hall–Kier alpha value is -0.860. The summed E-state index contributed by atoms with van der Waals surface area (Å²) in [5.41, 5.74) is 0. The van der Waals surface area contributed by atoms with E-state index >= 15 is 0 Å². The van der Waals surface area contributed by atoms with Crippen molar-refractivity contribution in [2.45, 2.75) is 64.2 Å². The number of hydrogen-bond donors (Lipinski definition) is 1. The molecule has 0 aromatic carbocycles. The summed E-state index contributed by atoms with van der Waals surface area (Å²) in [6.07, 6.45) is 9.14. The van der Waals surface area contributed by atoms with E-state index in [1.165, 1.54) is 25.7 Å². The first-order valence-corrected chi connectivity index (χ1v) is 6.42. The van der Waals surface area contributed by atoms with Crippen LogP contribution in [0.5, 0.6) is 0 Å². The second-order valence-corrected chi connectivity index (χ2v) is 4.83. The number of aliphatic carboxylic acids is 1. The van der Waals surface area contributed by atoms with Crippen LogP contribution in [0.1, 0.15) is 64.2 Å². The minimum Gasteiger partial charge on any atom is -0.481 e. The van der Waals surface area contributed by atoms with Gasteiger partial charge in [0.15, 0.2) is 0 Å². The highest BCUT2D eigenvalue weighted by atomic mass is 16.4. The van der Waals surface area contributed by atoms with Crippen molar-refractivity contribution in [1.82, 2.24) is 0 Å². The molecule has 0 aliphatic heterocycles. The number of ketones is 1. The summed E-state index contributed by atoms with van der Waals surface area (Å²) in [6.45, 7) is 0. The molecule has 0 saturated heterocycles. The summed E-state index contributed by atoms with van der Waals surface area (Å²) in [6, 6.07) is 0. The molecule has 0 bridgehead atoms. The molecule has 1 rings (SSSR count). The van der Waals surface area contributed by atoms with Gasteiger partial charge in [0.25, 0.3) is 0 Å². The van der Waals surface area contributed by atoms with Crippen LogP contribution in [0.4, 0.5) is 0 Å². The number of carboxylic acid groups (broad SMARTS) is 1. The van der Waals surface area contributed by atoms with Gasteiger partial charge in [-0.15, -0.1) is 0 Å². The van der Waals surface area contributed by atoms with Crippen molar-refractivity contribution in [1.29, 1.82) is 0 Å². The third-order valence-corrected chi connectivity index (χ3v) is 3.40. The van der Waals surface area contributed by atoms with Crippen molar-refractivity contribution in [3.63, 3.8) is 0 Å². The Kier molecular flexibility index (Phi) is 6.12. The van der Waals surface area contributed by atoms with Crippen molar-refractivity contribution in [3.8, 4) is 0 Å². The van der Waals surface area contributed by atoms with Crippen LogP contribution in [0.3, 0.4) is 0 Å². The molecular weight excluding hydrogens is 204 g/mol. The molecule has 0 aromatic heterocycles. The SMILES string of the molecule is O=C(O)CCCCC(=O)CCC1CCCC1. The van der Waals surface area contributed by atoms with Gasteiger partial charge in [-0.25, -0.2) is 0 Å². The number of carbonyl (C=O) groups is 2.